The lowest BCUT2D eigenvalue weighted by Crippen LogP contribution is -2.50. The topological polar surface area (TPSA) is 49.9 Å². The van der Waals surface area contributed by atoms with Gasteiger partial charge in [0.15, 0.2) is 0 Å². The molecule has 0 saturated carbocycles. The minimum Gasteiger partial charge on any atom is -0.450 e. The molecule has 0 spiro atoms. The number of ether oxygens (including phenoxy) is 1. The van der Waals surface area contributed by atoms with Gasteiger partial charge in [-0.05, 0) is 13.3 Å². The lowest BCUT2D eigenvalue weighted by molar-refractivity contribution is -0.132. The highest BCUT2D eigenvalue weighted by atomic mass is 127. The Labute approximate surface area is 116 Å². The monoisotopic (exact) mass is 354 g/mol. The molecule has 0 unspecified atom stereocenters. The largest absolute Gasteiger partial charge is 0.450 e. The Morgan fingerprint density at radius 1 is 1.18 bits per heavy atom. The SMILES string of the molecule is CCOC(=O)N1CCN(C(=O)CCCI)CC1. The molecule has 0 aromatic heterocycles. The van der Waals surface area contributed by atoms with Crippen molar-refractivity contribution in [2.24, 2.45) is 0 Å². The van der Waals surface area contributed by atoms with E-state index in [0.29, 0.717) is 39.2 Å². The van der Waals surface area contributed by atoms with Gasteiger partial charge in [0.05, 0.1) is 6.61 Å². The maximum absolute atomic E-state index is 11.7. The summed E-state index contributed by atoms with van der Waals surface area (Å²) in [6.07, 6.45) is 1.27. The molecule has 1 fully saturated rings. The van der Waals surface area contributed by atoms with Crippen LogP contribution in [0.4, 0.5) is 4.79 Å². The highest BCUT2D eigenvalue weighted by Gasteiger charge is 2.24. The zero-order chi connectivity index (χ0) is 12.7. The van der Waals surface area contributed by atoms with E-state index in [1.165, 1.54) is 0 Å². The van der Waals surface area contributed by atoms with Crippen molar-refractivity contribution in [2.45, 2.75) is 19.8 Å². The van der Waals surface area contributed by atoms with Crippen molar-refractivity contribution in [3.8, 4) is 0 Å². The number of rotatable bonds is 4. The molecular weight excluding hydrogens is 335 g/mol. The molecule has 0 aliphatic carbocycles. The van der Waals surface area contributed by atoms with E-state index in [-0.39, 0.29) is 12.0 Å². The van der Waals surface area contributed by atoms with Crippen molar-refractivity contribution in [3.05, 3.63) is 0 Å². The normalized spacial score (nSPS) is 15.9. The molecule has 1 rings (SSSR count). The van der Waals surface area contributed by atoms with E-state index < -0.39 is 0 Å². The quantitative estimate of drug-likeness (QED) is 0.568. The number of hydrogen-bond acceptors (Lipinski definition) is 3. The number of halogens is 1. The molecule has 1 aliphatic heterocycles. The molecule has 17 heavy (non-hydrogen) atoms. The second kappa shape index (κ2) is 7.73. The van der Waals surface area contributed by atoms with E-state index >= 15 is 0 Å². The Kier molecular flexibility index (Phi) is 6.61. The van der Waals surface area contributed by atoms with Crippen LogP contribution in [0.5, 0.6) is 0 Å². The number of hydrogen-bond donors (Lipinski definition) is 0. The summed E-state index contributed by atoms with van der Waals surface area (Å²) in [5, 5.41) is 0. The Balaban J connectivity index is 2.30. The first-order chi connectivity index (χ1) is 8.19. The van der Waals surface area contributed by atoms with Crippen LogP contribution in [-0.2, 0) is 9.53 Å². The van der Waals surface area contributed by atoms with Gasteiger partial charge in [-0.2, -0.15) is 0 Å². The molecular formula is C11H19IN2O3. The van der Waals surface area contributed by atoms with Gasteiger partial charge in [0, 0.05) is 37.0 Å². The fourth-order valence-corrected chi connectivity index (χ4v) is 2.11. The highest BCUT2D eigenvalue weighted by Crippen LogP contribution is 2.07. The summed E-state index contributed by atoms with van der Waals surface area (Å²) in [7, 11) is 0. The van der Waals surface area contributed by atoms with E-state index in [4.69, 9.17) is 4.74 Å². The molecule has 0 bridgehead atoms. The van der Waals surface area contributed by atoms with Crippen LogP contribution in [0.15, 0.2) is 0 Å². The van der Waals surface area contributed by atoms with E-state index in [1.807, 2.05) is 4.90 Å². The summed E-state index contributed by atoms with van der Waals surface area (Å²) in [5.41, 5.74) is 0. The number of nitrogens with zero attached hydrogens (tertiary/aromatic N) is 2. The first-order valence-corrected chi connectivity index (χ1v) is 7.47. The predicted octanol–water partition coefficient (Wildman–Crippen LogP) is 1.50. The van der Waals surface area contributed by atoms with Crippen LogP contribution in [0.25, 0.3) is 0 Å². The Bertz CT molecular complexity index is 265. The number of piperazine rings is 1. The summed E-state index contributed by atoms with van der Waals surface area (Å²) >= 11 is 2.27. The molecule has 0 atom stereocenters. The Morgan fingerprint density at radius 2 is 1.76 bits per heavy atom. The minimum absolute atomic E-state index is 0.199. The van der Waals surface area contributed by atoms with Crippen LogP contribution in [0.3, 0.4) is 0 Å². The number of alkyl halides is 1. The summed E-state index contributed by atoms with van der Waals surface area (Å²) in [4.78, 5) is 26.7. The van der Waals surface area contributed by atoms with Crippen molar-refractivity contribution in [2.75, 3.05) is 37.2 Å². The summed E-state index contributed by atoms with van der Waals surface area (Å²) in [5.74, 6) is 0.199. The molecule has 0 N–H and O–H groups in total. The highest BCUT2D eigenvalue weighted by molar-refractivity contribution is 14.1. The first-order valence-electron chi connectivity index (χ1n) is 5.94. The maximum atomic E-state index is 11.7. The molecule has 1 heterocycles. The van der Waals surface area contributed by atoms with Crippen LogP contribution >= 0.6 is 22.6 Å². The maximum Gasteiger partial charge on any atom is 0.409 e. The number of carbonyl (C=O) groups excluding carboxylic acids is 2. The molecule has 6 heteroatoms. The van der Waals surface area contributed by atoms with Gasteiger partial charge in [0.25, 0.3) is 0 Å². The lowest BCUT2D eigenvalue weighted by Gasteiger charge is -2.34. The summed E-state index contributed by atoms with van der Waals surface area (Å²) < 4.78 is 5.93. The van der Waals surface area contributed by atoms with Gasteiger partial charge in [-0.15, -0.1) is 0 Å². The molecule has 1 aliphatic rings. The van der Waals surface area contributed by atoms with Crippen LogP contribution in [0.1, 0.15) is 19.8 Å². The van der Waals surface area contributed by atoms with Gasteiger partial charge in [0.2, 0.25) is 5.91 Å². The molecule has 5 nitrogen and oxygen atoms in total. The van der Waals surface area contributed by atoms with Crippen LogP contribution < -0.4 is 0 Å². The fraction of sp³-hybridized carbons (Fsp3) is 0.818. The van der Waals surface area contributed by atoms with Gasteiger partial charge in [0.1, 0.15) is 0 Å². The van der Waals surface area contributed by atoms with Gasteiger partial charge in [-0.25, -0.2) is 4.79 Å². The predicted molar refractivity (Wildman–Crippen MR) is 73.3 cm³/mol. The van der Waals surface area contributed by atoms with E-state index in [2.05, 4.69) is 22.6 Å². The second-order valence-corrected chi connectivity index (χ2v) is 4.94. The third-order valence-corrected chi connectivity index (χ3v) is 3.45. The average molecular weight is 354 g/mol. The summed E-state index contributed by atoms with van der Waals surface area (Å²) in [6.45, 7) is 4.59. The van der Waals surface area contributed by atoms with E-state index in [9.17, 15) is 9.59 Å². The third kappa shape index (κ3) is 4.69. The Morgan fingerprint density at radius 3 is 2.29 bits per heavy atom. The molecule has 0 aromatic carbocycles. The van der Waals surface area contributed by atoms with E-state index in [0.717, 1.165) is 10.8 Å². The number of amides is 2. The van der Waals surface area contributed by atoms with E-state index in [1.54, 1.807) is 11.8 Å². The molecule has 2 amide bonds. The first kappa shape index (κ1) is 14.5. The molecule has 98 valence electrons. The van der Waals surface area contributed by atoms with Crippen molar-refractivity contribution >= 4 is 34.6 Å². The van der Waals surface area contributed by atoms with Gasteiger partial charge < -0.3 is 14.5 Å². The Hall–Kier alpha value is -0.530. The third-order valence-electron chi connectivity index (χ3n) is 2.68. The van der Waals surface area contributed by atoms with Gasteiger partial charge in [-0.3, -0.25) is 4.79 Å². The molecule has 0 radical (unpaired) electrons. The smallest absolute Gasteiger partial charge is 0.409 e. The molecule has 0 aromatic rings. The average Bonchev–Trinajstić information content (AvgIpc) is 2.36. The van der Waals surface area contributed by atoms with Crippen molar-refractivity contribution < 1.29 is 14.3 Å². The van der Waals surface area contributed by atoms with Gasteiger partial charge in [-0.1, -0.05) is 22.6 Å². The minimum atomic E-state index is -0.271. The van der Waals surface area contributed by atoms with Crippen LogP contribution in [0, 0.1) is 0 Å². The van der Waals surface area contributed by atoms with Crippen LogP contribution in [-0.4, -0.2) is 59.0 Å². The standard InChI is InChI=1S/C11H19IN2O3/c1-2-17-11(16)14-8-6-13(7-9-14)10(15)4-3-5-12/h2-9H2,1H3. The lowest BCUT2D eigenvalue weighted by atomic mass is 10.2. The molecule has 1 saturated heterocycles. The fourth-order valence-electron chi connectivity index (χ4n) is 1.73. The van der Waals surface area contributed by atoms with Crippen molar-refractivity contribution in [1.82, 2.24) is 9.80 Å². The van der Waals surface area contributed by atoms with Crippen LogP contribution in [0.2, 0.25) is 0 Å². The van der Waals surface area contributed by atoms with Crippen molar-refractivity contribution in [1.29, 1.82) is 0 Å². The second-order valence-electron chi connectivity index (χ2n) is 3.86. The number of carbonyl (C=O) groups is 2. The summed E-state index contributed by atoms with van der Waals surface area (Å²) in [6, 6.07) is 0. The van der Waals surface area contributed by atoms with Gasteiger partial charge >= 0.3 is 6.09 Å². The zero-order valence-corrected chi connectivity index (χ0v) is 12.3. The van der Waals surface area contributed by atoms with Crippen molar-refractivity contribution in [3.63, 3.8) is 0 Å². The zero-order valence-electron chi connectivity index (χ0n) is 10.2.